The first-order valence-electron chi connectivity index (χ1n) is 37.9. The van der Waals surface area contributed by atoms with Crippen molar-refractivity contribution in [3.63, 3.8) is 0 Å². The summed E-state index contributed by atoms with van der Waals surface area (Å²) >= 11 is 0. The van der Waals surface area contributed by atoms with E-state index in [9.17, 15) is 0 Å². The predicted molar refractivity (Wildman–Crippen MR) is 416 cm³/mol. The van der Waals surface area contributed by atoms with Gasteiger partial charge in [-0.05, 0) is 0 Å². The second-order valence-electron chi connectivity index (χ2n) is 28.7. The Morgan fingerprint density at radius 3 is 0.522 bits per heavy atom. The number of rotatable bonds is 51. The van der Waals surface area contributed by atoms with Crippen LogP contribution in [0.2, 0.25) is 0 Å². The van der Waals surface area contributed by atoms with Crippen LogP contribution >= 0.6 is 28.3 Å². The molecule has 0 aromatic heterocycles. The van der Waals surface area contributed by atoms with Crippen molar-refractivity contribution in [2.45, 2.75) is 234 Å². The van der Waals surface area contributed by atoms with E-state index in [1.165, 1.54) is 33.4 Å². The number of phosphoric acid groups is 1. The van der Waals surface area contributed by atoms with Gasteiger partial charge in [0.05, 0.1) is 0 Å². The van der Waals surface area contributed by atoms with Crippen LogP contribution in [0.3, 0.4) is 0 Å². The molecule has 6 aromatic carbocycles. The van der Waals surface area contributed by atoms with Gasteiger partial charge in [-0.15, -0.1) is 0 Å². The monoisotopic (exact) mass is 1330 g/mol. The van der Waals surface area contributed by atoms with Crippen LogP contribution in [0, 0.1) is 0 Å². The molecule has 0 heterocycles. The van der Waals surface area contributed by atoms with Crippen LogP contribution in [-0.4, -0.2) is 73.9 Å². The first kappa shape index (κ1) is 77.7. The molecule has 0 saturated carbocycles. The van der Waals surface area contributed by atoms with Gasteiger partial charge in [0.1, 0.15) is 0 Å². The third-order valence-corrected chi connectivity index (χ3v) is 46.9. The second kappa shape index (κ2) is 39.8. The molecule has 0 saturated heterocycles. The first-order chi connectivity index (χ1) is 44.8. The van der Waals surface area contributed by atoms with Crippen LogP contribution < -0.4 is 0 Å². The van der Waals surface area contributed by atoms with E-state index in [4.69, 9.17) is 12.9 Å². The zero-order valence-electron chi connectivity index (χ0n) is 59.9. The summed E-state index contributed by atoms with van der Waals surface area (Å²) < 4.78 is 46.4. The molecule has 0 radical (unpaired) electrons. The first-order valence-corrected chi connectivity index (χ1v) is 48.0. The number of unbranched alkanes of at least 4 members (excludes halogenated alkanes) is 9. The van der Waals surface area contributed by atoms with Gasteiger partial charge < -0.3 is 0 Å². The van der Waals surface area contributed by atoms with Crippen LogP contribution in [0.1, 0.15) is 268 Å². The molecule has 8 heteroatoms. The van der Waals surface area contributed by atoms with E-state index < -0.39 is 28.3 Å². The van der Waals surface area contributed by atoms with E-state index in [1.54, 1.807) is 0 Å². The second-order valence-corrected chi connectivity index (χ2v) is 48.0. The molecule has 0 bridgehead atoms. The van der Waals surface area contributed by atoms with Gasteiger partial charge >= 0.3 is 569 Å². The Kier molecular flexibility index (Phi) is 33.6. The van der Waals surface area contributed by atoms with Gasteiger partial charge in [-0.25, -0.2) is 0 Å². The SMILES string of the molecule is CCCCP(CCCC)(CCCC)(CCCC(c1ccccc1)c1ccccc1)OP(=O)(OP(CCCC)(CCCC)(CCCC)CCCC(c1ccccc1)c1ccccc1)OP(CCCC)(CCCC)(CCCC)CCCC(c1ccccc1)c1ccccc1. The van der Waals surface area contributed by atoms with Crippen LogP contribution in [-0.2, 0) is 17.5 Å². The third-order valence-electron chi connectivity index (χ3n) is 21.5. The molecular formula is C84H132O4P4. The van der Waals surface area contributed by atoms with Gasteiger partial charge in [0.2, 0.25) is 0 Å². The fraction of sp³-hybridized carbons (Fsp3) is 0.571. The molecule has 0 unspecified atom stereocenters. The molecule has 6 rings (SSSR count). The summed E-state index contributed by atoms with van der Waals surface area (Å²) in [5, 5.41) is 0. The van der Waals surface area contributed by atoms with Crippen molar-refractivity contribution < 1.29 is 17.5 Å². The summed E-state index contributed by atoms with van der Waals surface area (Å²) in [5.74, 6) is 0.733. The topological polar surface area (TPSA) is 44.8 Å². The van der Waals surface area contributed by atoms with Crippen molar-refractivity contribution in [3.8, 4) is 0 Å². The Morgan fingerprint density at radius 1 is 0.239 bits per heavy atom. The molecule has 0 aliphatic rings. The maximum absolute atomic E-state index is 19.4. The number of hydrogen-bond acceptors (Lipinski definition) is 4. The molecule has 0 fully saturated rings. The molecule has 512 valence electrons. The normalized spacial score (nSPS) is 14.4. The molecular weight excluding hydrogens is 1200 g/mol. The molecule has 92 heavy (non-hydrogen) atoms. The van der Waals surface area contributed by atoms with E-state index in [2.05, 4.69) is 244 Å². The molecule has 0 atom stereocenters. The fourth-order valence-electron chi connectivity index (χ4n) is 16.2. The summed E-state index contributed by atoms with van der Waals surface area (Å²) in [6.45, 7) is 10.8. The van der Waals surface area contributed by atoms with Crippen LogP contribution in [0.4, 0.5) is 0 Å². The van der Waals surface area contributed by atoms with E-state index >= 15 is 4.57 Å². The molecule has 0 aliphatic carbocycles. The Balaban J connectivity index is 1.69. The van der Waals surface area contributed by atoms with Crippen molar-refractivity contribution >= 4 is 28.3 Å². The van der Waals surface area contributed by atoms with Crippen LogP contribution in [0.15, 0.2) is 182 Å². The van der Waals surface area contributed by atoms with E-state index in [0.29, 0.717) is 0 Å². The quantitative estimate of drug-likeness (QED) is 0.0357. The Bertz CT molecular complexity index is 2420. The Morgan fingerprint density at radius 2 is 0.380 bits per heavy atom. The standard InChI is InChI=1S/C84H132O4P4/c1-10-19-64-90(65-20-11-2,66-21-12-3,73-46-61-82(76-49-34-28-35-50-76)77-51-36-29-37-52-77)86-89(85,87-91(67-22-13-4,68-23-14-5,69-24-15-6)74-47-62-83(78-53-38-30-39-54-78)79-55-40-31-41-56-79)88-92(70-25-16-7,71-26-17-8,72-27-18-9)75-48-63-84(80-57-42-32-43-58-80)81-59-44-33-45-60-81/h28-45,49-60,82-84H,10-27,46-48,61-75H2,1-9H3. The summed E-state index contributed by atoms with van der Waals surface area (Å²) in [6.07, 6.45) is 36.9. The minimum atomic E-state index is -4.51. The summed E-state index contributed by atoms with van der Waals surface area (Å²) in [7, 11) is -4.51. The maximum atomic E-state index is 19.4. The Hall–Kier alpha value is -3.28. The molecule has 0 spiro atoms. The van der Waals surface area contributed by atoms with Crippen molar-refractivity contribution in [1.29, 1.82) is 0 Å². The fourth-order valence-corrected chi connectivity index (χ4v) is 45.1. The third kappa shape index (κ3) is 22.7. The summed E-state index contributed by atoms with van der Waals surface area (Å²) in [6, 6.07) is 67.8. The van der Waals surface area contributed by atoms with Crippen molar-refractivity contribution in [2.75, 3.05) is 73.9 Å². The van der Waals surface area contributed by atoms with Crippen molar-refractivity contribution in [1.82, 2.24) is 0 Å². The number of benzene rings is 6. The zero-order chi connectivity index (χ0) is 65.8. The zero-order valence-corrected chi connectivity index (χ0v) is 63.5. The summed E-state index contributed by atoms with van der Waals surface area (Å²) in [5.41, 5.74) is 8.23. The average molecular weight is 1330 g/mol. The Labute approximate surface area is 565 Å². The average Bonchev–Trinajstić information content (AvgIpc) is 0.715. The predicted octanol–water partition coefficient (Wildman–Crippen LogP) is 27.6. The van der Waals surface area contributed by atoms with Gasteiger partial charge in [-0.1, -0.05) is 0 Å². The van der Waals surface area contributed by atoms with Gasteiger partial charge in [0, 0.05) is 0 Å². The van der Waals surface area contributed by atoms with Crippen molar-refractivity contribution in [3.05, 3.63) is 215 Å². The van der Waals surface area contributed by atoms with Gasteiger partial charge in [0.25, 0.3) is 0 Å². The van der Waals surface area contributed by atoms with Gasteiger partial charge in [0.15, 0.2) is 0 Å². The van der Waals surface area contributed by atoms with Crippen LogP contribution in [0.5, 0.6) is 0 Å². The molecule has 0 amide bonds. The van der Waals surface area contributed by atoms with E-state index in [0.717, 1.165) is 228 Å². The van der Waals surface area contributed by atoms with E-state index in [1.807, 2.05) is 0 Å². The van der Waals surface area contributed by atoms with Crippen molar-refractivity contribution in [2.24, 2.45) is 0 Å². The molecule has 0 N–H and O–H groups in total. The molecule has 4 nitrogen and oxygen atoms in total. The molecule has 6 aromatic rings. The number of hydrogen-bond donors (Lipinski definition) is 0. The van der Waals surface area contributed by atoms with E-state index in [-0.39, 0.29) is 17.8 Å². The van der Waals surface area contributed by atoms with Crippen LogP contribution in [0.25, 0.3) is 0 Å². The minimum absolute atomic E-state index is 0.244. The van der Waals surface area contributed by atoms with Gasteiger partial charge in [-0.3, -0.25) is 0 Å². The summed E-state index contributed by atoms with van der Waals surface area (Å²) in [4.78, 5) is 0. The van der Waals surface area contributed by atoms with Gasteiger partial charge in [-0.2, -0.15) is 0 Å². The molecule has 0 aliphatic heterocycles.